The Labute approximate surface area is 117 Å². The average Bonchev–Trinajstić information content (AvgIpc) is 2.30. The van der Waals surface area contributed by atoms with Gasteiger partial charge >= 0.3 is 0 Å². The maximum Gasteiger partial charge on any atom is 0.216 e. The van der Waals surface area contributed by atoms with Gasteiger partial charge in [-0.2, -0.15) is 0 Å². The van der Waals surface area contributed by atoms with Crippen molar-refractivity contribution in [1.82, 2.24) is 5.32 Å². The van der Waals surface area contributed by atoms with Gasteiger partial charge in [-0.3, -0.25) is 0 Å². The molecule has 94 valence electrons. The minimum Gasteiger partial charge on any atom is -0.317 e. The van der Waals surface area contributed by atoms with Gasteiger partial charge in [0.1, 0.15) is 0 Å². The molecule has 1 aliphatic heterocycles. The van der Waals surface area contributed by atoms with Crippen LogP contribution in [0.2, 0.25) is 0 Å². The third kappa shape index (κ3) is 4.03. The molecule has 0 radical (unpaired) electrons. The number of rotatable bonds is 2. The van der Waals surface area contributed by atoms with Gasteiger partial charge in [-0.15, -0.1) is 0 Å². The molecule has 1 saturated heterocycles. The molecular weight excluding hydrogens is 277 g/mol. The van der Waals surface area contributed by atoms with Crippen LogP contribution in [0.25, 0.3) is 0 Å². The van der Waals surface area contributed by atoms with Crippen LogP contribution in [0.15, 0.2) is 24.3 Å². The van der Waals surface area contributed by atoms with Crippen molar-refractivity contribution in [3.63, 3.8) is 0 Å². The van der Waals surface area contributed by atoms with Crippen LogP contribution >= 0.6 is 34.8 Å². The van der Waals surface area contributed by atoms with Crippen molar-refractivity contribution in [2.24, 2.45) is 5.92 Å². The summed E-state index contributed by atoms with van der Waals surface area (Å²) in [6.07, 6.45) is 3.64. The van der Waals surface area contributed by atoms with Gasteiger partial charge in [-0.1, -0.05) is 59.1 Å². The van der Waals surface area contributed by atoms with E-state index in [1.54, 1.807) is 0 Å². The first-order valence-corrected chi connectivity index (χ1v) is 7.06. The Morgan fingerprint density at radius 2 is 1.65 bits per heavy atom. The first kappa shape index (κ1) is 13.5. The van der Waals surface area contributed by atoms with Crippen molar-refractivity contribution in [2.45, 2.75) is 23.1 Å². The zero-order chi connectivity index (χ0) is 12.3. The van der Waals surface area contributed by atoms with Crippen LogP contribution in [-0.4, -0.2) is 13.1 Å². The molecule has 2 rings (SSSR count). The van der Waals surface area contributed by atoms with Crippen LogP contribution in [0.5, 0.6) is 0 Å². The van der Waals surface area contributed by atoms with E-state index in [4.69, 9.17) is 34.8 Å². The lowest BCUT2D eigenvalue weighted by atomic mass is 9.91. The smallest absolute Gasteiger partial charge is 0.216 e. The second kappa shape index (κ2) is 5.79. The lowest BCUT2D eigenvalue weighted by Crippen LogP contribution is -2.28. The van der Waals surface area contributed by atoms with Crippen LogP contribution in [0.1, 0.15) is 24.0 Å². The summed E-state index contributed by atoms with van der Waals surface area (Å²) in [5.41, 5.74) is 2.06. The summed E-state index contributed by atoms with van der Waals surface area (Å²) < 4.78 is -1.31. The molecule has 1 aromatic carbocycles. The van der Waals surface area contributed by atoms with Gasteiger partial charge < -0.3 is 5.32 Å². The second-order valence-corrected chi connectivity index (χ2v) is 6.87. The van der Waals surface area contributed by atoms with E-state index in [1.807, 2.05) is 12.1 Å². The van der Waals surface area contributed by atoms with Gasteiger partial charge in [0.05, 0.1) is 0 Å². The molecular formula is C13H16Cl3N. The summed E-state index contributed by atoms with van der Waals surface area (Å²) in [6, 6.07) is 7.95. The summed E-state index contributed by atoms with van der Waals surface area (Å²) in [4.78, 5) is 0. The van der Waals surface area contributed by atoms with Crippen molar-refractivity contribution in [2.75, 3.05) is 13.1 Å². The molecule has 0 aliphatic carbocycles. The summed E-state index contributed by atoms with van der Waals surface area (Å²) >= 11 is 17.5. The minimum atomic E-state index is -1.31. The number of hydrogen-bond donors (Lipinski definition) is 1. The zero-order valence-electron chi connectivity index (χ0n) is 9.56. The molecule has 1 N–H and O–H groups in total. The molecule has 0 bridgehead atoms. The fourth-order valence-electron chi connectivity index (χ4n) is 2.25. The third-order valence-corrected chi connectivity index (χ3v) is 3.92. The monoisotopic (exact) mass is 291 g/mol. The fraction of sp³-hybridized carbons (Fsp3) is 0.538. The van der Waals surface area contributed by atoms with Crippen molar-refractivity contribution in [3.8, 4) is 0 Å². The lowest BCUT2D eigenvalue weighted by molar-refractivity contribution is 0.372. The topological polar surface area (TPSA) is 12.0 Å². The summed E-state index contributed by atoms with van der Waals surface area (Å²) in [5, 5.41) is 3.38. The Balaban J connectivity index is 1.98. The predicted molar refractivity (Wildman–Crippen MR) is 75.0 cm³/mol. The Kier molecular flexibility index (Phi) is 4.59. The number of piperidine rings is 1. The number of nitrogens with one attached hydrogen (secondary N) is 1. The van der Waals surface area contributed by atoms with E-state index in [9.17, 15) is 0 Å². The lowest BCUT2D eigenvalue weighted by Gasteiger charge is -2.22. The first-order chi connectivity index (χ1) is 8.05. The van der Waals surface area contributed by atoms with Crippen LogP contribution in [0, 0.1) is 5.92 Å². The predicted octanol–water partition coefficient (Wildman–Crippen LogP) is 4.06. The van der Waals surface area contributed by atoms with Crippen LogP contribution < -0.4 is 5.32 Å². The van der Waals surface area contributed by atoms with E-state index in [0.717, 1.165) is 31.0 Å². The van der Waals surface area contributed by atoms with Crippen molar-refractivity contribution in [1.29, 1.82) is 0 Å². The third-order valence-electron chi connectivity index (χ3n) is 3.26. The summed E-state index contributed by atoms with van der Waals surface area (Å²) in [5.74, 6) is 0.787. The number of benzene rings is 1. The largest absolute Gasteiger partial charge is 0.317 e. The highest BCUT2D eigenvalue weighted by molar-refractivity contribution is 6.66. The molecule has 0 saturated carbocycles. The molecule has 4 heteroatoms. The quantitative estimate of drug-likeness (QED) is 0.811. The molecule has 1 aromatic rings. The maximum absolute atomic E-state index is 5.83. The van der Waals surface area contributed by atoms with Gasteiger partial charge in [0.15, 0.2) is 0 Å². The maximum atomic E-state index is 5.83. The van der Waals surface area contributed by atoms with Gasteiger partial charge in [0.25, 0.3) is 0 Å². The molecule has 1 heterocycles. The normalized spacial score (nSPS) is 18.3. The van der Waals surface area contributed by atoms with Crippen molar-refractivity contribution >= 4 is 34.8 Å². The molecule has 17 heavy (non-hydrogen) atoms. The molecule has 1 fully saturated rings. The SMILES string of the molecule is ClC(Cl)(Cl)c1ccc(CC2CCNCC2)cc1. The molecule has 0 amide bonds. The van der Waals surface area contributed by atoms with Gasteiger partial charge in [-0.25, -0.2) is 0 Å². The van der Waals surface area contributed by atoms with Crippen LogP contribution in [0.3, 0.4) is 0 Å². The number of alkyl halides is 3. The molecule has 0 unspecified atom stereocenters. The molecule has 0 atom stereocenters. The number of halogens is 3. The zero-order valence-corrected chi connectivity index (χ0v) is 11.8. The van der Waals surface area contributed by atoms with E-state index < -0.39 is 3.79 Å². The Bertz CT molecular complexity index is 350. The highest BCUT2D eigenvalue weighted by atomic mass is 35.6. The second-order valence-electron chi connectivity index (χ2n) is 4.59. The van der Waals surface area contributed by atoms with Crippen LogP contribution in [0.4, 0.5) is 0 Å². The Morgan fingerprint density at radius 1 is 1.06 bits per heavy atom. The van der Waals surface area contributed by atoms with E-state index >= 15 is 0 Å². The minimum absolute atomic E-state index is 0.733. The van der Waals surface area contributed by atoms with E-state index in [2.05, 4.69) is 17.4 Å². The van der Waals surface area contributed by atoms with Gasteiger partial charge in [0.2, 0.25) is 3.79 Å². The first-order valence-electron chi connectivity index (χ1n) is 5.92. The molecule has 0 aromatic heterocycles. The molecule has 1 aliphatic rings. The fourth-order valence-corrected chi connectivity index (χ4v) is 2.63. The van der Waals surface area contributed by atoms with E-state index in [0.29, 0.717) is 0 Å². The van der Waals surface area contributed by atoms with E-state index in [1.165, 1.54) is 18.4 Å². The number of hydrogen-bond acceptors (Lipinski definition) is 1. The van der Waals surface area contributed by atoms with Gasteiger partial charge in [-0.05, 0) is 43.8 Å². The highest BCUT2D eigenvalue weighted by Gasteiger charge is 2.22. The van der Waals surface area contributed by atoms with Crippen molar-refractivity contribution in [3.05, 3.63) is 35.4 Å². The summed E-state index contributed by atoms with van der Waals surface area (Å²) in [6.45, 7) is 2.27. The van der Waals surface area contributed by atoms with Crippen molar-refractivity contribution < 1.29 is 0 Å². The Hall–Kier alpha value is 0.0500. The molecule has 1 nitrogen and oxygen atoms in total. The summed E-state index contributed by atoms with van der Waals surface area (Å²) in [7, 11) is 0. The standard InChI is InChI=1S/C13H16Cl3N/c14-13(15,16)12-3-1-10(2-4-12)9-11-5-7-17-8-6-11/h1-4,11,17H,5-9H2. The van der Waals surface area contributed by atoms with Crippen LogP contribution in [-0.2, 0) is 10.2 Å². The highest BCUT2D eigenvalue weighted by Crippen LogP contribution is 2.38. The van der Waals surface area contributed by atoms with Gasteiger partial charge in [0, 0.05) is 5.56 Å². The van der Waals surface area contributed by atoms with E-state index in [-0.39, 0.29) is 0 Å². The Morgan fingerprint density at radius 3 is 2.18 bits per heavy atom. The average molecular weight is 293 g/mol. The molecule has 0 spiro atoms.